The largest absolute Gasteiger partial charge is 0.496 e. The minimum Gasteiger partial charge on any atom is -0.496 e. The van der Waals surface area contributed by atoms with Gasteiger partial charge in [-0.15, -0.1) is 0 Å². The molecule has 1 aliphatic heterocycles. The number of anilines is 2. The molecule has 0 aliphatic carbocycles. The molecule has 164 valence electrons. The van der Waals surface area contributed by atoms with Crippen molar-refractivity contribution in [3.05, 3.63) is 66.2 Å². The Morgan fingerprint density at radius 3 is 1.88 bits per heavy atom. The van der Waals surface area contributed by atoms with Crippen molar-refractivity contribution in [1.82, 2.24) is 0 Å². The number of hydrogen-bond acceptors (Lipinski definition) is 7. The zero-order valence-electron chi connectivity index (χ0n) is 17.8. The highest BCUT2D eigenvalue weighted by Gasteiger charge is 2.29. The summed E-state index contributed by atoms with van der Waals surface area (Å²) in [7, 11) is 4.38. The van der Waals surface area contributed by atoms with Gasteiger partial charge >= 0.3 is 5.97 Å². The van der Waals surface area contributed by atoms with Crippen molar-refractivity contribution in [2.75, 3.05) is 32.8 Å². The van der Waals surface area contributed by atoms with E-state index in [2.05, 4.69) is 0 Å². The van der Waals surface area contributed by atoms with Gasteiger partial charge in [0.1, 0.15) is 11.3 Å². The number of carbonyl (C=O) groups excluding carboxylic acids is 2. The van der Waals surface area contributed by atoms with Gasteiger partial charge in [0.15, 0.2) is 18.1 Å². The van der Waals surface area contributed by atoms with Crippen LogP contribution in [-0.2, 0) is 9.53 Å². The minimum atomic E-state index is -0.705. The second kappa shape index (κ2) is 9.23. The molecule has 3 aromatic carbocycles. The highest BCUT2D eigenvalue weighted by molar-refractivity contribution is 7.99. The molecule has 0 aromatic heterocycles. The Balaban J connectivity index is 1.58. The number of esters is 1. The number of fused-ring (bicyclic) bond motifs is 2. The van der Waals surface area contributed by atoms with Crippen LogP contribution in [-0.4, -0.2) is 39.8 Å². The van der Waals surface area contributed by atoms with E-state index in [1.165, 1.54) is 33.5 Å². The third kappa shape index (κ3) is 3.97. The minimum absolute atomic E-state index is 0.132. The van der Waals surface area contributed by atoms with Gasteiger partial charge in [-0.1, -0.05) is 36.0 Å². The number of carbonyl (C=O) groups is 2. The summed E-state index contributed by atoms with van der Waals surface area (Å²) in [5, 5.41) is 0. The first-order valence-corrected chi connectivity index (χ1v) is 10.5. The summed E-state index contributed by atoms with van der Waals surface area (Å²) in [6, 6.07) is 18.2. The van der Waals surface area contributed by atoms with Crippen LogP contribution in [0.2, 0.25) is 0 Å². The van der Waals surface area contributed by atoms with Gasteiger partial charge in [0.25, 0.3) is 5.91 Å². The van der Waals surface area contributed by atoms with E-state index in [0.717, 1.165) is 21.2 Å². The lowest BCUT2D eigenvalue weighted by Crippen LogP contribution is -2.32. The maximum atomic E-state index is 13.2. The van der Waals surface area contributed by atoms with E-state index < -0.39 is 12.6 Å². The van der Waals surface area contributed by atoms with Crippen LogP contribution in [0.5, 0.6) is 17.2 Å². The van der Waals surface area contributed by atoms with Gasteiger partial charge in [-0.25, -0.2) is 4.79 Å². The summed E-state index contributed by atoms with van der Waals surface area (Å²) in [6.45, 7) is -0.441. The predicted molar refractivity (Wildman–Crippen MR) is 121 cm³/mol. The summed E-state index contributed by atoms with van der Waals surface area (Å²) in [6.07, 6.45) is 0. The molecule has 7 nitrogen and oxygen atoms in total. The van der Waals surface area contributed by atoms with Crippen molar-refractivity contribution in [2.45, 2.75) is 9.79 Å². The molecule has 3 aromatic rings. The molecular formula is C24H21NO6S. The molecular weight excluding hydrogens is 430 g/mol. The van der Waals surface area contributed by atoms with Crippen molar-refractivity contribution in [1.29, 1.82) is 0 Å². The van der Waals surface area contributed by atoms with E-state index in [1.54, 1.807) is 16.7 Å². The number of methoxy groups -OCH3 is 3. The predicted octanol–water partition coefficient (Wildman–Crippen LogP) is 4.70. The lowest BCUT2D eigenvalue weighted by Gasteiger charge is -2.30. The Labute approximate surface area is 189 Å². The van der Waals surface area contributed by atoms with Crippen LogP contribution in [0.25, 0.3) is 0 Å². The fourth-order valence-corrected chi connectivity index (χ4v) is 4.49. The van der Waals surface area contributed by atoms with Crippen LogP contribution in [0.15, 0.2) is 70.5 Å². The molecule has 0 atom stereocenters. The normalized spacial score (nSPS) is 11.8. The monoisotopic (exact) mass is 451 g/mol. The fourth-order valence-electron chi connectivity index (χ4n) is 3.43. The van der Waals surface area contributed by atoms with Crippen LogP contribution in [0.3, 0.4) is 0 Å². The van der Waals surface area contributed by atoms with E-state index in [4.69, 9.17) is 18.9 Å². The summed E-state index contributed by atoms with van der Waals surface area (Å²) in [5.41, 5.74) is 1.63. The Hall–Kier alpha value is -3.65. The van der Waals surface area contributed by atoms with Crippen LogP contribution < -0.4 is 19.1 Å². The first-order valence-electron chi connectivity index (χ1n) is 9.73. The van der Waals surface area contributed by atoms with Crippen molar-refractivity contribution in [2.24, 2.45) is 0 Å². The van der Waals surface area contributed by atoms with Crippen LogP contribution in [0.1, 0.15) is 10.4 Å². The lowest BCUT2D eigenvalue weighted by atomic mass is 10.1. The summed E-state index contributed by atoms with van der Waals surface area (Å²) < 4.78 is 21.2. The van der Waals surface area contributed by atoms with E-state index in [0.29, 0.717) is 11.5 Å². The van der Waals surface area contributed by atoms with Gasteiger partial charge < -0.3 is 18.9 Å². The standard InChI is InChI=1S/C24H21NO6S/c1-28-18-13-20(30-3)19(29-2)12-15(18)24(27)31-14-23(26)25-16-8-4-6-10-21(16)32-22-11-7-5-9-17(22)25/h4-13H,14H2,1-3H3. The zero-order valence-corrected chi connectivity index (χ0v) is 18.6. The number of nitrogens with zero attached hydrogens (tertiary/aromatic N) is 1. The summed E-state index contributed by atoms with van der Waals surface area (Å²) in [4.78, 5) is 29.5. The van der Waals surface area contributed by atoms with Crippen molar-refractivity contribution in [3.8, 4) is 17.2 Å². The van der Waals surface area contributed by atoms with Crippen LogP contribution in [0, 0.1) is 0 Å². The number of ether oxygens (including phenoxy) is 4. The molecule has 0 N–H and O–H groups in total. The van der Waals surface area contributed by atoms with Gasteiger partial charge in [-0.3, -0.25) is 9.69 Å². The van der Waals surface area contributed by atoms with Crippen molar-refractivity contribution >= 4 is 35.0 Å². The van der Waals surface area contributed by atoms with Gasteiger partial charge in [-0.05, 0) is 24.3 Å². The molecule has 4 rings (SSSR count). The number of para-hydroxylation sites is 2. The molecule has 0 unspecified atom stereocenters. The SMILES string of the molecule is COc1cc(OC)c(C(=O)OCC(=O)N2c3ccccc3Sc3ccccc32)cc1OC. The Morgan fingerprint density at radius 2 is 1.31 bits per heavy atom. The van der Waals surface area contributed by atoms with Gasteiger partial charge in [0.05, 0.1) is 32.7 Å². The molecule has 0 bridgehead atoms. The summed E-state index contributed by atoms with van der Waals surface area (Å²) >= 11 is 1.59. The molecule has 0 saturated carbocycles. The van der Waals surface area contributed by atoms with E-state index in [-0.39, 0.29) is 17.2 Å². The van der Waals surface area contributed by atoms with Gasteiger partial charge in [0, 0.05) is 21.9 Å². The van der Waals surface area contributed by atoms with Crippen LogP contribution in [0.4, 0.5) is 11.4 Å². The van der Waals surface area contributed by atoms with Gasteiger partial charge in [-0.2, -0.15) is 0 Å². The molecule has 32 heavy (non-hydrogen) atoms. The Morgan fingerprint density at radius 1 is 0.781 bits per heavy atom. The first-order chi connectivity index (χ1) is 15.6. The van der Waals surface area contributed by atoms with E-state index in [1.807, 2.05) is 48.5 Å². The van der Waals surface area contributed by atoms with E-state index >= 15 is 0 Å². The Kier molecular flexibility index (Phi) is 6.23. The van der Waals surface area contributed by atoms with E-state index in [9.17, 15) is 9.59 Å². The third-order valence-electron chi connectivity index (χ3n) is 4.93. The maximum Gasteiger partial charge on any atom is 0.342 e. The number of benzene rings is 3. The molecule has 0 spiro atoms. The second-order valence-corrected chi connectivity index (χ2v) is 7.83. The smallest absolute Gasteiger partial charge is 0.342 e. The highest BCUT2D eigenvalue weighted by atomic mass is 32.2. The van der Waals surface area contributed by atoms with Crippen LogP contribution >= 0.6 is 11.8 Å². The average Bonchev–Trinajstić information content (AvgIpc) is 2.84. The fraction of sp³-hybridized carbons (Fsp3) is 0.167. The number of rotatable bonds is 6. The molecule has 1 aliphatic rings. The average molecular weight is 452 g/mol. The topological polar surface area (TPSA) is 74.3 Å². The van der Waals surface area contributed by atoms with Crippen molar-refractivity contribution in [3.63, 3.8) is 0 Å². The molecule has 1 amide bonds. The molecule has 0 fully saturated rings. The van der Waals surface area contributed by atoms with Crippen molar-refractivity contribution < 1.29 is 28.5 Å². The highest BCUT2D eigenvalue weighted by Crippen LogP contribution is 2.47. The molecule has 8 heteroatoms. The number of amides is 1. The second-order valence-electron chi connectivity index (χ2n) is 6.75. The first kappa shape index (κ1) is 21.6. The molecule has 1 heterocycles. The summed E-state index contributed by atoms with van der Waals surface area (Å²) in [5.74, 6) is -0.0502. The molecule has 0 radical (unpaired) electrons. The number of hydrogen-bond donors (Lipinski definition) is 0. The zero-order chi connectivity index (χ0) is 22.7. The Bertz CT molecular complexity index is 1130. The molecule has 0 saturated heterocycles. The van der Waals surface area contributed by atoms with Gasteiger partial charge in [0.2, 0.25) is 0 Å². The lowest BCUT2D eigenvalue weighted by molar-refractivity contribution is -0.121. The third-order valence-corrected chi connectivity index (χ3v) is 6.06. The quantitative estimate of drug-likeness (QED) is 0.503. The maximum absolute atomic E-state index is 13.2.